The maximum atomic E-state index is 15.7. The van der Waals surface area contributed by atoms with E-state index in [1.165, 1.54) is 38.4 Å². The molecular weight excluding hydrogens is 628 g/mol. The molecule has 0 saturated carbocycles. The molecular formula is C28H29ClF4N6O6. The summed E-state index contributed by atoms with van der Waals surface area (Å²) in [6.45, 7) is 5.85. The van der Waals surface area contributed by atoms with Gasteiger partial charge in [0.05, 0.1) is 53.1 Å². The Kier molecular flexibility index (Phi) is 9.17. The van der Waals surface area contributed by atoms with Crippen molar-refractivity contribution in [2.45, 2.75) is 38.0 Å². The maximum Gasteiger partial charge on any atom is 0.433 e. The summed E-state index contributed by atoms with van der Waals surface area (Å²) in [5.41, 5.74) is -5.15. The molecule has 1 aromatic carbocycles. The van der Waals surface area contributed by atoms with Crippen molar-refractivity contribution in [1.82, 2.24) is 29.8 Å². The fourth-order valence-electron chi connectivity index (χ4n) is 4.97. The van der Waals surface area contributed by atoms with E-state index in [1.807, 2.05) is 0 Å². The first-order valence-electron chi connectivity index (χ1n) is 13.7. The second-order valence-corrected chi connectivity index (χ2v) is 11.4. The van der Waals surface area contributed by atoms with Gasteiger partial charge in [-0.25, -0.2) is 19.0 Å². The molecule has 12 nitrogen and oxygen atoms in total. The average molecular weight is 657 g/mol. The minimum absolute atomic E-state index is 0.0886. The van der Waals surface area contributed by atoms with Crippen molar-refractivity contribution in [1.29, 1.82) is 0 Å². The third-order valence-corrected chi connectivity index (χ3v) is 7.10. The summed E-state index contributed by atoms with van der Waals surface area (Å²) in [6.07, 6.45) is -2.89. The highest BCUT2D eigenvalue weighted by Gasteiger charge is 2.47. The Hall–Kier alpha value is -3.67. The number of benzene rings is 1. The van der Waals surface area contributed by atoms with Gasteiger partial charge in [-0.15, -0.1) is 0 Å². The van der Waals surface area contributed by atoms with Gasteiger partial charge in [-0.2, -0.15) is 18.3 Å². The molecule has 0 radical (unpaired) electrons. The molecule has 1 aliphatic rings. The van der Waals surface area contributed by atoms with Crippen LogP contribution in [0.15, 0.2) is 41.3 Å². The van der Waals surface area contributed by atoms with Crippen molar-refractivity contribution in [2.75, 3.05) is 39.5 Å². The van der Waals surface area contributed by atoms with Crippen LogP contribution in [-0.2, 0) is 16.8 Å². The predicted molar refractivity (Wildman–Crippen MR) is 150 cm³/mol. The van der Waals surface area contributed by atoms with Crippen LogP contribution in [0.2, 0.25) is 5.02 Å². The summed E-state index contributed by atoms with van der Waals surface area (Å²) < 4.78 is 75.5. The van der Waals surface area contributed by atoms with Crippen molar-refractivity contribution in [2.24, 2.45) is 0 Å². The van der Waals surface area contributed by atoms with Gasteiger partial charge in [0.15, 0.2) is 17.3 Å². The molecule has 17 heteroatoms. The lowest BCUT2D eigenvalue weighted by Crippen LogP contribution is -2.43. The number of hydrogen-bond acceptors (Lipinski definition) is 11. The summed E-state index contributed by atoms with van der Waals surface area (Å²) in [4.78, 5) is 10.3. The molecule has 0 unspecified atom stereocenters. The Balaban J connectivity index is 1.58. The number of aliphatic hydroxyl groups is 3. The Morgan fingerprint density at radius 2 is 1.73 bits per heavy atom. The zero-order valence-corrected chi connectivity index (χ0v) is 24.8. The van der Waals surface area contributed by atoms with E-state index in [2.05, 4.69) is 25.1 Å². The third-order valence-electron chi connectivity index (χ3n) is 6.81. The lowest BCUT2D eigenvalue weighted by atomic mass is 10.0. The summed E-state index contributed by atoms with van der Waals surface area (Å²) in [7, 11) is 0. The molecule has 0 amide bonds. The van der Waals surface area contributed by atoms with E-state index in [0.29, 0.717) is 26.0 Å². The third kappa shape index (κ3) is 7.26. The summed E-state index contributed by atoms with van der Waals surface area (Å²) >= 11 is 6.49. The molecule has 0 spiro atoms. The van der Waals surface area contributed by atoms with Crippen LogP contribution in [0.25, 0.3) is 34.0 Å². The number of hydrogen-bond donors (Lipinski definition) is 3. The van der Waals surface area contributed by atoms with Gasteiger partial charge in [0.1, 0.15) is 23.9 Å². The number of halogens is 5. The quantitative estimate of drug-likeness (QED) is 0.168. The van der Waals surface area contributed by atoms with E-state index in [1.54, 1.807) is 0 Å². The van der Waals surface area contributed by atoms with Crippen LogP contribution in [0.1, 0.15) is 26.0 Å². The van der Waals surface area contributed by atoms with Crippen LogP contribution in [0.3, 0.4) is 0 Å². The highest BCUT2D eigenvalue weighted by atomic mass is 35.5. The van der Waals surface area contributed by atoms with Gasteiger partial charge in [-0.05, 0) is 26.0 Å². The number of rotatable bonds is 10. The topological polar surface area (TPSA) is 152 Å². The van der Waals surface area contributed by atoms with Crippen molar-refractivity contribution < 1.29 is 46.9 Å². The maximum absolute atomic E-state index is 15.7. The number of nitrogens with zero attached hydrogens (tertiary/aromatic N) is 6. The first kappa shape index (κ1) is 32.7. The molecule has 5 rings (SSSR count). The van der Waals surface area contributed by atoms with E-state index >= 15 is 4.39 Å². The van der Waals surface area contributed by atoms with Gasteiger partial charge in [0.25, 0.3) is 5.91 Å². The fourth-order valence-corrected chi connectivity index (χ4v) is 5.26. The molecule has 0 bridgehead atoms. The van der Waals surface area contributed by atoms with Gasteiger partial charge in [-0.3, -0.25) is 4.90 Å². The number of ether oxygens (including phenoxy) is 2. The standard InChI is InChI=1S/C28H29ClF4N6O6/c1-26(2,40)15-27(41,42)39-24(28(31,32)33)17(14-36-39)23-21(25-34-4-3-5-35-25)22(37-45-23)20-18(29)12-16(13-19(20)30)44-11-8-38-6-9-43-10-7-38/h3-5,12-14,40-42H,6-11,15H2,1-2H3. The molecule has 1 aliphatic heterocycles. The van der Waals surface area contributed by atoms with Crippen molar-refractivity contribution in [3.63, 3.8) is 0 Å². The second-order valence-electron chi connectivity index (χ2n) is 11.0. The van der Waals surface area contributed by atoms with Gasteiger partial charge in [0, 0.05) is 38.1 Å². The van der Waals surface area contributed by atoms with E-state index < -0.39 is 46.9 Å². The molecule has 4 aromatic rings. The molecule has 3 N–H and O–H groups in total. The largest absolute Gasteiger partial charge is 0.492 e. The molecule has 3 aromatic heterocycles. The van der Waals surface area contributed by atoms with Gasteiger partial charge >= 0.3 is 6.18 Å². The zero-order valence-electron chi connectivity index (χ0n) is 24.1. The highest BCUT2D eigenvalue weighted by molar-refractivity contribution is 6.33. The molecule has 1 saturated heterocycles. The summed E-state index contributed by atoms with van der Waals surface area (Å²) in [5, 5.41) is 38.5. The van der Waals surface area contributed by atoms with Gasteiger partial charge in [-0.1, -0.05) is 16.8 Å². The van der Waals surface area contributed by atoms with Crippen LogP contribution < -0.4 is 4.74 Å². The summed E-state index contributed by atoms with van der Waals surface area (Å²) in [5.74, 6) is -4.87. The molecule has 0 aliphatic carbocycles. The lowest BCUT2D eigenvalue weighted by molar-refractivity contribution is -0.270. The zero-order chi connectivity index (χ0) is 32.6. The molecule has 1 fully saturated rings. The number of aromatic nitrogens is 5. The Morgan fingerprint density at radius 3 is 2.36 bits per heavy atom. The first-order chi connectivity index (χ1) is 21.2. The molecule has 45 heavy (non-hydrogen) atoms. The lowest BCUT2D eigenvalue weighted by Gasteiger charge is -2.30. The summed E-state index contributed by atoms with van der Waals surface area (Å²) in [6, 6.07) is 3.85. The van der Waals surface area contributed by atoms with Crippen molar-refractivity contribution in [3.05, 3.63) is 53.3 Å². The SMILES string of the molecule is CC(C)(O)CC(O)(O)n1ncc(-c2onc(-c3c(F)cc(OCCN4CCOCC4)cc3Cl)c2-c2ncccn2)c1C(F)(F)F. The second kappa shape index (κ2) is 12.6. The highest BCUT2D eigenvalue weighted by Crippen LogP contribution is 2.47. The molecule has 242 valence electrons. The van der Waals surface area contributed by atoms with E-state index in [0.717, 1.165) is 19.2 Å². The van der Waals surface area contributed by atoms with Gasteiger partial charge in [0.2, 0.25) is 0 Å². The van der Waals surface area contributed by atoms with Crippen LogP contribution >= 0.6 is 11.6 Å². The Labute approximate surface area is 258 Å². The smallest absolute Gasteiger partial charge is 0.433 e. The van der Waals surface area contributed by atoms with Crippen LogP contribution in [0.4, 0.5) is 17.6 Å². The predicted octanol–water partition coefficient (Wildman–Crippen LogP) is 3.94. The minimum atomic E-state index is -5.23. The van der Waals surface area contributed by atoms with Crippen molar-refractivity contribution >= 4 is 11.6 Å². The van der Waals surface area contributed by atoms with Crippen molar-refractivity contribution in [3.8, 4) is 39.7 Å². The fraction of sp³-hybridized carbons (Fsp3) is 0.429. The average Bonchev–Trinajstić information content (AvgIpc) is 3.58. The Bertz CT molecular complexity index is 1610. The van der Waals surface area contributed by atoms with Crippen LogP contribution in [0, 0.1) is 5.82 Å². The number of morpholine rings is 1. The van der Waals surface area contributed by atoms with Gasteiger partial charge < -0.3 is 29.3 Å². The number of alkyl halides is 3. The van der Waals surface area contributed by atoms with Crippen LogP contribution in [-0.4, -0.2) is 90.2 Å². The monoisotopic (exact) mass is 656 g/mol. The first-order valence-corrected chi connectivity index (χ1v) is 14.1. The minimum Gasteiger partial charge on any atom is -0.492 e. The normalized spacial score (nSPS) is 15.1. The molecule has 4 heterocycles. The molecule has 0 atom stereocenters. The van der Waals surface area contributed by atoms with E-state index in [-0.39, 0.29) is 44.7 Å². The van der Waals surface area contributed by atoms with E-state index in [4.69, 9.17) is 25.6 Å². The van der Waals surface area contributed by atoms with E-state index in [9.17, 15) is 28.5 Å². The Morgan fingerprint density at radius 1 is 1.04 bits per heavy atom. The van der Waals surface area contributed by atoms with Crippen LogP contribution in [0.5, 0.6) is 5.75 Å².